The molecule has 2 atom stereocenters. The van der Waals surface area contributed by atoms with Crippen LogP contribution in [0.2, 0.25) is 0 Å². The zero-order valence-electron chi connectivity index (χ0n) is 37.9. The quantitative estimate of drug-likeness (QED) is 0.0262. The highest BCUT2D eigenvalue weighted by Gasteiger charge is 2.25. The fourth-order valence-electron chi connectivity index (χ4n) is 6.47. The maximum atomic E-state index is 12.7. The number of carbonyl (C=O) groups excluding carboxylic acids is 3. The lowest BCUT2D eigenvalue weighted by molar-refractivity contribution is -0.889. The van der Waals surface area contributed by atoms with Gasteiger partial charge in [-0.1, -0.05) is 152 Å². The summed E-state index contributed by atoms with van der Waals surface area (Å²) in [5.41, 5.74) is 0. The van der Waals surface area contributed by atoms with E-state index in [-0.39, 0.29) is 49.1 Å². The summed E-state index contributed by atoms with van der Waals surface area (Å²) in [5.74, 6) is -1.82. The highest BCUT2D eigenvalue weighted by atomic mass is 16.6. The molecular formula is C50H87NO7. The Bertz CT molecular complexity index is 1130. The van der Waals surface area contributed by atoms with Gasteiger partial charge in [-0.05, 0) is 77.0 Å². The van der Waals surface area contributed by atoms with Gasteiger partial charge < -0.3 is 28.6 Å². The number of carboxylic acid groups (broad SMARTS) is 1. The topological polar surface area (TPSA) is 102 Å². The van der Waals surface area contributed by atoms with Gasteiger partial charge in [0, 0.05) is 19.3 Å². The summed E-state index contributed by atoms with van der Waals surface area (Å²) in [6.45, 7) is 4.56. The highest BCUT2D eigenvalue weighted by molar-refractivity contribution is 5.70. The number of carbonyl (C=O) groups is 3. The van der Waals surface area contributed by atoms with E-state index in [0.29, 0.717) is 12.8 Å². The molecule has 0 aromatic rings. The smallest absolute Gasteiger partial charge is 0.306 e. The van der Waals surface area contributed by atoms with Crippen molar-refractivity contribution in [1.29, 1.82) is 0 Å². The first-order valence-electron chi connectivity index (χ1n) is 23.3. The summed E-state index contributed by atoms with van der Waals surface area (Å²) in [6.07, 6.45) is 49.6. The summed E-state index contributed by atoms with van der Waals surface area (Å²) >= 11 is 0. The number of rotatable bonds is 41. The SMILES string of the molecule is CCCCC/C=C/C/C=C/C/C=C/C/C=C/CCCC(=O)OC(COCCC(C(=O)[O-])[N+](C)(C)C)COC(=O)CCCCCCCCC/C=C/CCCCCCCC. The van der Waals surface area contributed by atoms with E-state index in [1.54, 1.807) is 21.1 Å². The average molecular weight is 814 g/mol. The van der Waals surface area contributed by atoms with Crippen LogP contribution >= 0.6 is 0 Å². The second-order valence-electron chi connectivity index (χ2n) is 16.6. The number of hydrogen-bond acceptors (Lipinski definition) is 7. The summed E-state index contributed by atoms with van der Waals surface area (Å²) in [5, 5.41) is 11.6. The first kappa shape index (κ1) is 55.0. The number of carboxylic acids is 1. The molecule has 0 aliphatic rings. The Labute approximate surface area is 356 Å². The minimum absolute atomic E-state index is 0.0159. The molecule has 0 amide bonds. The van der Waals surface area contributed by atoms with Crippen LogP contribution in [-0.4, -0.2) is 75.5 Å². The Kier molecular flexibility index (Phi) is 38.7. The first-order chi connectivity index (χ1) is 28.1. The molecule has 0 fully saturated rings. The lowest BCUT2D eigenvalue weighted by Gasteiger charge is -2.34. The molecule has 334 valence electrons. The molecule has 58 heavy (non-hydrogen) atoms. The van der Waals surface area contributed by atoms with E-state index < -0.39 is 18.1 Å². The number of esters is 2. The Balaban J connectivity index is 4.42. The number of hydrogen-bond donors (Lipinski definition) is 0. The van der Waals surface area contributed by atoms with E-state index in [1.807, 2.05) is 0 Å². The van der Waals surface area contributed by atoms with E-state index in [4.69, 9.17) is 14.2 Å². The number of aliphatic carboxylic acids is 1. The molecule has 0 rings (SSSR count). The van der Waals surface area contributed by atoms with E-state index in [1.165, 1.54) is 103 Å². The van der Waals surface area contributed by atoms with Crippen LogP contribution < -0.4 is 5.11 Å². The van der Waals surface area contributed by atoms with Crippen molar-refractivity contribution in [2.24, 2.45) is 0 Å². The second-order valence-corrected chi connectivity index (χ2v) is 16.6. The van der Waals surface area contributed by atoms with Crippen LogP contribution in [0.1, 0.15) is 187 Å². The van der Waals surface area contributed by atoms with Crippen LogP contribution in [0.4, 0.5) is 0 Å². The molecule has 0 spiro atoms. The molecule has 0 aromatic heterocycles. The molecule has 2 unspecified atom stereocenters. The van der Waals surface area contributed by atoms with Crippen molar-refractivity contribution >= 4 is 17.9 Å². The number of allylic oxidation sites excluding steroid dienone is 10. The van der Waals surface area contributed by atoms with Crippen molar-refractivity contribution in [3.05, 3.63) is 60.8 Å². The van der Waals surface area contributed by atoms with Crippen molar-refractivity contribution in [2.45, 2.75) is 199 Å². The molecular weight excluding hydrogens is 727 g/mol. The summed E-state index contributed by atoms with van der Waals surface area (Å²) in [4.78, 5) is 36.9. The number of likely N-dealkylation sites (N-methyl/N-ethyl adjacent to an activating group) is 1. The van der Waals surface area contributed by atoms with E-state index in [0.717, 1.165) is 44.9 Å². The zero-order valence-corrected chi connectivity index (χ0v) is 37.9. The van der Waals surface area contributed by atoms with E-state index in [2.05, 4.69) is 74.6 Å². The van der Waals surface area contributed by atoms with Crippen LogP contribution in [0.3, 0.4) is 0 Å². The van der Waals surface area contributed by atoms with Crippen LogP contribution in [0.15, 0.2) is 60.8 Å². The molecule has 0 N–H and O–H groups in total. The Morgan fingerprint density at radius 3 is 1.45 bits per heavy atom. The second kappa shape index (κ2) is 40.8. The third-order valence-corrected chi connectivity index (χ3v) is 10.1. The minimum Gasteiger partial charge on any atom is -0.544 e. The van der Waals surface area contributed by atoms with Gasteiger partial charge in [0.2, 0.25) is 0 Å². The van der Waals surface area contributed by atoms with Gasteiger partial charge in [-0.3, -0.25) is 9.59 Å². The summed E-state index contributed by atoms with van der Waals surface area (Å²) in [7, 11) is 5.38. The van der Waals surface area contributed by atoms with Gasteiger partial charge in [0.25, 0.3) is 0 Å². The van der Waals surface area contributed by atoms with Gasteiger partial charge in [0.15, 0.2) is 6.10 Å². The molecule has 0 heterocycles. The van der Waals surface area contributed by atoms with Gasteiger partial charge in [-0.15, -0.1) is 0 Å². The average Bonchev–Trinajstić information content (AvgIpc) is 3.18. The Morgan fingerprint density at radius 2 is 0.931 bits per heavy atom. The fraction of sp³-hybridized carbons (Fsp3) is 0.740. The van der Waals surface area contributed by atoms with Gasteiger partial charge >= 0.3 is 11.9 Å². The van der Waals surface area contributed by atoms with Crippen LogP contribution in [0.5, 0.6) is 0 Å². The fourth-order valence-corrected chi connectivity index (χ4v) is 6.47. The zero-order chi connectivity index (χ0) is 42.8. The number of quaternary nitrogens is 1. The third-order valence-electron chi connectivity index (χ3n) is 10.1. The Morgan fingerprint density at radius 1 is 0.517 bits per heavy atom. The molecule has 8 nitrogen and oxygen atoms in total. The number of nitrogens with zero attached hydrogens (tertiary/aromatic N) is 1. The lowest BCUT2D eigenvalue weighted by Crippen LogP contribution is -2.55. The van der Waals surface area contributed by atoms with Crippen molar-refractivity contribution in [2.75, 3.05) is 41.0 Å². The molecule has 0 bridgehead atoms. The largest absolute Gasteiger partial charge is 0.544 e. The molecule has 0 saturated carbocycles. The van der Waals surface area contributed by atoms with Gasteiger partial charge in [-0.25, -0.2) is 0 Å². The molecule has 0 aliphatic heterocycles. The standard InChI is InChI=1S/C50H87NO7/c1-6-8-10-12-14-16-18-20-22-24-26-28-30-32-34-36-38-40-48(52)57-45-46(44-56-43-42-47(50(54)55)51(3,4)5)58-49(53)41-39-37-35-33-31-29-27-25-23-21-19-17-15-13-11-9-7-2/h15,17,20-23,27,29,33,35,46-47H,6-14,16,18-19,24-26,28,30-32,34,36-45H2,1-5H3/b17-15+,22-20+,23-21+,29-27+,35-33+. The maximum absolute atomic E-state index is 12.7. The van der Waals surface area contributed by atoms with E-state index in [9.17, 15) is 19.5 Å². The summed E-state index contributed by atoms with van der Waals surface area (Å²) in [6, 6.07) is -0.738. The van der Waals surface area contributed by atoms with Crippen molar-refractivity contribution in [3.63, 3.8) is 0 Å². The minimum atomic E-state index is -1.14. The molecule has 0 saturated heterocycles. The monoisotopic (exact) mass is 814 g/mol. The molecule has 8 heteroatoms. The summed E-state index contributed by atoms with van der Waals surface area (Å²) < 4.78 is 17.1. The normalized spacial score (nSPS) is 13.5. The molecule has 0 aromatic carbocycles. The van der Waals surface area contributed by atoms with Gasteiger partial charge in [0.05, 0.1) is 40.3 Å². The van der Waals surface area contributed by atoms with Gasteiger partial charge in [-0.2, -0.15) is 0 Å². The first-order valence-corrected chi connectivity index (χ1v) is 23.3. The van der Waals surface area contributed by atoms with Crippen molar-refractivity contribution in [1.82, 2.24) is 0 Å². The molecule has 0 aliphatic carbocycles. The maximum Gasteiger partial charge on any atom is 0.306 e. The van der Waals surface area contributed by atoms with E-state index >= 15 is 0 Å². The van der Waals surface area contributed by atoms with Crippen molar-refractivity contribution in [3.8, 4) is 0 Å². The highest BCUT2D eigenvalue weighted by Crippen LogP contribution is 2.13. The molecule has 0 radical (unpaired) electrons. The predicted octanol–water partition coefficient (Wildman–Crippen LogP) is 11.6. The number of ether oxygens (including phenoxy) is 3. The third kappa shape index (κ3) is 38.5. The lowest BCUT2D eigenvalue weighted by atomic mass is 10.1. The van der Waals surface area contributed by atoms with Crippen molar-refractivity contribution < 1.29 is 38.2 Å². The Hall–Kier alpha value is -2.97. The van der Waals surface area contributed by atoms with Crippen LogP contribution in [-0.2, 0) is 28.6 Å². The van der Waals surface area contributed by atoms with Crippen LogP contribution in [0.25, 0.3) is 0 Å². The van der Waals surface area contributed by atoms with Crippen LogP contribution in [0, 0.1) is 0 Å². The predicted molar refractivity (Wildman–Crippen MR) is 240 cm³/mol. The number of unbranched alkanes of at least 4 members (excludes halogenated alkanes) is 17. The van der Waals surface area contributed by atoms with Gasteiger partial charge in [0.1, 0.15) is 12.6 Å².